The van der Waals surface area contributed by atoms with Crippen LogP contribution in [-0.4, -0.2) is 62.9 Å². The number of carbonyl (C=O) groups excluding carboxylic acids is 2. The summed E-state index contributed by atoms with van der Waals surface area (Å²) >= 11 is 0. The molecular formula is C20H20F3N7O5. The third-order valence-electron chi connectivity index (χ3n) is 5.50. The molecule has 1 aromatic carbocycles. The van der Waals surface area contributed by atoms with Crippen molar-refractivity contribution in [1.82, 2.24) is 29.5 Å². The first-order valence-corrected chi connectivity index (χ1v) is 10.3. The molecule has 15 heteroatoms. The summed E-state index contributed by atoms with van der Waals surface area (Å²) in [4.78, 5) is 59.7. The third-order valence-corrected chi connectivity index (χ3v) is 5.50. The van der Waals surface area contributed by atoms with E-state index in [9.17, 15) is 32.3 Å². The zero-order valence-corrected chi connectivity index (χ0v) is 18.5. The first kappa shape index (κ1) is 24.0. The van der Waals surface area contributed by atoms with Crippen LogP contribution in [-0.2, 0) is 23.7 Å². The third kappa shape index (κ3) is 4.25. The van der Waals surface area contributed by atoms with Crippen LogP contribution in [0.4, 0.5) is 19.1 Å². The lowest BCUT2D eigenvalue weighted by Gasteiger charge is -2.29. The summed E-state index contributed by atoms with van der Waals surface area (Å²) in [5, 5.41) is 3.18. The van der Waals surface area contributed by atoms with Crippen LogP contribution >= 0.6 is 0 Å². The number of carbonyl (C=O) groups is 2. The Hall–Kier alpha value is -4.14. The van der Waals surface area contributed by atoms with E-state index in [0.717, 1.165) is 4.57 Å². The number of para-hydroxylation sites is 1. The Morgan fingerprint density at radius 3 is 2.40 bits per heavy atom. The monoisotopic (exact) mass is 495 g/mol. The number of benzene rings is 1. The maximum Gasteiger partial charge on any atom is 0.493 e. The van der Waals surface area contributed by atoms with Crippen LogP contribution < -0.4 is 26.9 Å². The lowest BCUT2D eigenvalue weighted by molar-refractivity contribution is -0.204. The van der Waals surface area contributed by atoms with E-state index in [1.807, 2.05) is 4.90 Å². The van der Waals surface area contributed by atoms with Crippen molar-refractivity contribution in [1.29, 1.82) is 0 Å². The quantitative estimate of drug-likeness (QED) is 0.469. The van der Waals surface area contributed by atoms with Crippen LogP contribution in [0.5, 0.6) is 0 Å². The molecule has 1 saturated heterocycles. The molecule has 3 heterocycles. The predicted molar refractivity (Wildman–Crippen MR) is 116 cm³/mol. The second-order valence-electron chi connectivity index (χ2n) is 7.70. The molecule has 0 atom stereocenters. The number of amides is 1. The molecule has 12 nitrogen and oxygen atoms in total. The number of rotatable bonds is 3. The summed E-state index contributed by atoms with van der Waals surface area (Å²) in [6.07, 6.45) is -5.31. The maximum atomic E-state index is 13.2. The number of nitrogens with zero attached hydrogens (tertiary/aromatic N) is 5. The molecule has 4 rings (SSSR count). The fraction of sp³-hybridized carbons (Fsp3) is 0.350. The minimum absolute atomic E-state index is 0.0179. The number of aryl methyl sites for hydroxylation is 1. The van der Waals surface area contributed by atoms with Crippen LogP contribution in [0.25, 0.3) is 16.9 Å². The molecule has 1 aliphatic rings. The molecule has 0 unspecified atom stereocenters. The Labute approximate surface area is 194 Å². The number of alkyl halides is 3. The SMILES string of the molecule is Cn1c(=O)c2c(nc(N3CCNCC3)n2-c2ccccc2C(=O)NOC(=O)C(F)(F)F)n(C)c1=O. The summed E-state index contributed by atoms with van der Waals surface area (Å²) < 4.78 is 40.9. The zero-order valence-electron chi connectivity index (χ0n) is 18.5. The average molecular weight is 495 g/mol. The molecule has 0 spiro atoms. The van der Waals surface area contributed by atoms with Crippen LogP contribution in [0, 0.1) is 0 Å². The van der Waals surface area contributed by atoms with Gasteiger partial charge in [-0.25, -0.2) is 9.59 Å². The van der Waals surface area contributed by atoms with Gasteiger partial charge in [-0.3, -0.25) is 23.3 Å². The number of aromatic nitrogens is 4. The second-order valence-corrected chi connectivity index (χ2v) is 7.70. The summed E-state index contributed by atoms with van der Waals surface area (Å²) in [5.74, 6) is -3.50. The topological polar surface area (TPSA) is 132 Å². The molecule has 0 bridgehead atoms. The average Bonchev–Trinajstić information content (AvgIpc) is 3.25. The fourth-order valence-electron chi connectivity index (χ4n) is 3.76. The molecule has 1 aliphatic heterocycles. The van der Waals surface area contributed by atoms with Crippen molar-refractivity contribution in [3.05, 3.63) is 50.7 Å². The number of hydroxylamine groups is 1. The highest BCUT2D eigenvalue weighted by Crippen LogP contribution is 2.27. The van der Waals surface area contributed by atoms with Crippen LogP contribution in [0.15, 0.2) is 33.9 Å². The van der Waals surface area contributed by atoms with Gasteiger partial charge in [-0.2, -0.15) is 23.6 Å². The van der Waals surface area contributed by atoms with Gasteiger partial charge in [0, 0.05) is 40.3 Å². The molecule has 186 valence electrons. The number of piperazine rings is 1. The van der Waals surface area contributed by atoms with Crippen LogP contribution in [0.1, 0.15) is 10.4 Å². The molecular weight excluding hydrogens is 475 g/mol. The Morgan fingerprint density at radius 2 is 1.74 bits per heavy atom. The van der Waals surface area contributed by atoms with Gasteiger partial charge in [0.25, 0.3) is 11.5 Å². The Bertz CT molecular complexity index is 1430. The van der Waals surface area contributed by atoms with Crippen molar-refractivity contribution < 1.29 is 27.6 Å². The van der Waals surface area contributed by atoms with Crippen molar-refractivity contribution in [3.8, 4) is 5.69 Å². The van der Waals surface area contributed by atoms with Crippen molar-refractivity contribution in [2.24, 2.45) is 14.1 Å². The van der Waals surface area contributed by atoms with Crippen LogP contribution in [0.3, 0.4) is 0 Å². The summed E-state index contributed by atoms with van der Waals surface area (Å²) in [6.45, 7) is 2.20. The van der Waals surface area contributed by atoms with Gasteiger partial charge >= 0.3 is 17.8 Å². The van der Waals surface area contributed by atoms with Crippen molar-refractivity contribution in [2.45, 2.75) is 6.18 Å². The van der Waals surface area contributed by atoms with E-state index in [-0.39, 0.29) is 28.4 Å². The lowest BCUT2D eigenvalue weighted by Crippen LogP contribution is -2.44. The molecule has 0 radical (unpaired) electrons. The predicted octanol–water partition coefficient (Wildman–Crippen LogP) is -0.417. The second kappa shape index (κ2) is 8.90. The summed E-state index contributed by atoms with van der Waals surface area (Å²) in [6, 6.07) is 5.73. The van der Waals surface area contributed by atoms with Gasteiger partial charge in [-0.15, -0.1) is 0 Å². The molecule has 1 fully saturated rings. The highest BCUT2D eigenvalue weighted by atomic mass is 19.4. The largest absolute Gasteiger partial charge is 0.493 e. The normalized spacial score (nSPS) is 14.3. The number of hydrogen-bond donors (Lipinski definition) is 2. The summed E-state index contributed by atoms with van der Waals surface area (Å²) in [5.41, 5.74) is 0.131. The van der Waals surface area contributed by atoms with E-state index < -0.39 is 29.3 Å². The van der Waals surface area contributed by atoms with E-state index in [0.29, 0.717) is 26.2 Å². The molecule has 3 aromatic rings. The van der Waals surface area contributed by atoms with Gasteiger partial charge in [0.2, 0.25) is 5.95 Å². The number of hydrogen-bond acceptors (Lipinski definition) is 8. The van der Waals surface area contributed by atoms with Gasteiger partial charge < -0.3 is 15.1 Å². The Kier molecular flexibility index (Phi) is 6.10. The molecule has 0 saturated carbocycles. The van der Waals surface area contributed by atoms with Gasteiger partial charge in [0.15, 0.2) is 11.2 Å². The van der Waals surface area contributed by atoms with E-state index in [2.05, 4.69) is 15.1 Å². The number of anilines is 1. The minimum Gasteiger partial charge on any atom is -0.339 e. The first-order chi connectivity index (χ1) is 16.5. The molecule has 2 aromatic heterocycles. The smallest absolute Gasteiger partial charge is 0.339 e. The molecule has 0 aliphatic carbocycles. The molecule has 1 amide bonds. The van der Waals surface area contributed by atoms with Crippen LogP contribution in [0.2, 0.25) is 0 Å². The van der Waals surface area contributed by atoms with Gasteiger partial charge in [0.1, 0.15) is 0 Å². The Balaban J connectivity index is 1.92. The van der Waals surface area contributed by atoms with Gasteiger partial charge in [0.05, 0.1) is 11.3 Å². The van der Waals surface area contributed by atoms with Crippen molar-refractivity contribution >= 4 is 29.0 Å². The van der Waals surface area contributed by atoms with E-state index >= 15 is 0 Å². The number of imidazole rings is 1. The Morgan fingerprint density at radius 1 is 1.09 bits per heavy atom. The first-order valence-electron chi connectivity index (χ1n) is 10.3. The standard InChI is InChI=1S/C20H20F3N7O5/c1-27-14-13(16(32)28(2)19(27)34)30(18(25-14)29-9-7-24-8-10-29)12-6-4-3-5-11(12)15(31)26-35-17(33)20(21,22)23/h3-6,24H,7-10H2,1-2H3,(H,26,31). The van der Waals surface area contributed by atoms with Crippen molar-refractivity contribution in [2.75, 3.05) is 31.1 Å². The number of fused-ring (bicyclic) bond motifs is 1. The number of halogens is 3. The highest BCUT2D eigenvalue weighted by molar-refractivity contribution is 5.99. The molecule has 2 N–H and O–H groups in total. The van der Waals surface area contributed by atoms with Gasteiger partial charge in [-0.05, 0) is 12.1 Å². The fourth-order valence-corrected chi connectivity index (χ4v) is 3.76. The van der Waals surface area contributed by atoms with E-state index in [4.69, 9.17) is 0 Å². The minimum atomic E-state index is -5.31. The van der Waals surface area contributed by atoms with Gasteiger partial charge in [-0.1, -0.05) is 12.1 Å². The highest BCUT2D eigenvalue weighted by Gasteiger charge is 2.42. The lowest BCUT2D eigenvalue weighted by atomic mass is 10.1. The summed E-state index contributed by atoms with van der Waals surface area (Å²) in [7, 11) is 2.74. The van der Waals surface area contributed by atoms with Crippen molar-refractivity contribution in [3.63, 3.8) is 0 Å². The number of nitrogens with one attached hydrogen (secondary N) is 2. The molecule has 35 heavy (non-hydrogen) atoms. The van der Waals surface area contributed by atoms with E-state index in [1.165, 1.54) is 46.9 Å². The zero-order chi connectivity index (χ0) is 25.5. The van der Waals surface area contributed by atoms with E-state index in [1.54, 1.807) is 6.07 Å². The maximum absolute atomic E-state index is 13.2.